The number of hydrogen-bond acceptors (Lipinski definition) is 4. The fourth-order valence-corrected chi connectivity index (χ4v) is 2.42. The van der Waals surface area contributed by atoms with E-state index in [1.165, 1.54) is 0 Å². The Hall–Kier alpha value is -2.53. The van der Waals surface area contributed by atoms with Crippen LogP contribution in [0.5, 0.6) is 11.5 Å². The normalized spacial score (nSPS) is 12.7. The molecule has 1 aliphatic heterocycles. The first-order valence-electron chi connectivity index (χ1n) is 7.77. The highest BCUT2D eigenvalue weighted by atomic mass is 16.6. The molecule has 1 heterocycles. The lowest BCUT2D eigenvalue weighted by Gasteiger charge is -2.18. The largest absolute Gasteiger partial charge is 0.486 e. The van der Waals surface area contributed by atoms with Crippen molar-refractivity contribution >= 4 is 11.6 Å². The van der Waals surface area contributed by atoms with Gasteiger partial charge in [-0.05, 0) is 42.4 Å². The maximum absolute atomic E-state index is 12.4. The average molecular weight is 312 g/mol. The minimum Gasteiger partial charge on any atom is -0.486 e. The first-order chi connectivity index (χ1) is 11.3. The Kier molecular flexibility index (Phi) is 4.78. The summed E-state index contributed by atoms with van der Waals surface area (Å²) in [6, 6.07) is 13.0. The molecule has 0 radical (unpaired) electrons. The second kappa shape index (κ2) is 7.15. The SMILES string of the molecule is CCNCc1cccc(NC(=O)c2ccc3c(c2)OCCO3)c1. The average Bonchev–Trinajstić information content (AvgIpc) is 2.60. The van der Waals surface area contributed by atoms with E-state index < -0.39 is 0 Å². The van der Waals surface area contributed by atoms with Crippen LogP contribution in [0.25, 0.3) is 0 Å². The highest BCUT2D eigenvalue weighted by Crippen LogP contribution is 2.30. The third-order valence-corrected chi connectivity index (χ3v) is 3.57. The quantitative estimate of drug-likeness (QED) is 0.891. The van der Waals surface area contributed by atoms with E-state index in [1.807, 2.05) is 24.3 Å². The van der Waals surface area contributed by atoms with Gasteiger partial charge in [-0.25, -0.2) is 0 Å². The fourth-order valence-electron chi connectivity index (χ4n) is 2.42. The minimum atomic E-state index is -0.164. The van der Waals surface area contributed by atoms with Crippen molar-refractivity contribution in [1.29, 1.82) is 0 Å². The zero-order valence-electron chi connectivity index (χ0n) is 13.1. The number of fused-ring (bicyclic) bond motifs is 1. The predicted octanol–water partition coefficient (Wildman–Crippen LogP) is 2.82. The van der Waals surface area contributed by atoms with Gasteiger partial charge in [0.15, 0.2) is 11.5 Å². The van der Waals surface area contributed by atoms with Crippen LogP contribution in [0.4, 0.5) is 5.69 Å². The van der Waals surface area contributed by atoms with Gasteiger partial charge in [-0.3, -0.25) is 4.79 Å². The molecular weight excluding hydrogens is 292 g/mol. The summed E-state index contributed by atoms with van der Waals surface area (Å²) in [5.74, 6) is 1.13. The van der Waals surface area contributed by atoms with E-state index in [2.05, 4.69) is 17.6 Å². The van der Waals surface area contributed by atoms with Crippen molar-refractivity contribution in [1.82, 2.24) is 5.32 Å². The molecule has 0 atom stereocenters. The van der Waals surface area contributed by atoms with Gasteiger partial charge in [0.25, 0.3) is 5.91 Å². The molecule has 2 aromatic rings. The molecule has 1 aliphatic rings. The fraction of sp³-hybridized carbons (Fsp3) is 0.278. The molecule has 0 spiro atoms. The molecule has 0 aliphatic carbocycles. The number of carbonyl (C=O) groups excluding carboxylic acids is 1. The van der Waals surface area contributed by atoms with E-state index in [-0.39, 0.29) is 5.91 Å². The van der Waals surface area contributed by atoms with Crippen LogP contribution in [0.2, 0.25) is 0 Å². The van der Waals surface area contributed by atoms with Crippen molar-refractivity contribution in [3.05, 3.63) is 53.6 Å². The summed E-state index contributed by atoms with van der Waals surface area (Å²) < 4.78 is 11.0. The molecule has 0 saturated carbocycles. The van der Waals surface area contributed by atoms with E-state index in [4.69, 9.17) is 9.47 Å². The molecule has 0 aromatic heterocycles. The van der Waals surface area contributed by atoms with Crippen molar-refractivity contribution in [3.8, 4) is 11.5 Å². The molecular formula is C18H20N2O3. The Morgan fingerprint density at radius 3 is 2.74 bits per heavy atom. The van der Waals surface area contributed by atoms with E-state index in [0.717, 1.165) is 24.3 Å². The van der Waals surface area contributed by atoms with Crippen LogP contribution in [0.15, 0.2) is 42.5 Å². The first kappa shape index (κ1) is 15.4. The van der Waals surface area contributed by atoms with Gasteiger partial charge in [0.05, 0.1) is 0 Å². The maximum atomic E-state index is 12.4. The van der Waals surface area contributed by atoms with Gasteiger partial charge in [0.2, 0.25) is 0 Å². The van der Waals surface area contributed by atoms with Crippen molar-refractivity contribution in [2.45, 2.75) is 13.5 Å². The summed E-state index contributed by atoms with van der Waals surface area (Å²) in [5.41, 5.74) is 2.46. The van der Waals surface area contributed by atoms with Crippen molar-refractivity contribution in [3.63, 3.8) is 0 Å². The molecule has 2 aromatic carbocycles. The molecule has 0 saturated heterocycles. The molecule has 0 bridgehead atoms. The number of rotatable bonds is 5. The van der Waals surface area contributed by atoms with Gasteiger partial charge < -0.3 is 20.1 Å². The van der Waals surface area contributed by atoms with Gasteiger partial charge in [-0.15, -0.1) is 0 Å². The number of amides is 1. The number of nitrogens with one attached hydrogen (secondary N) is 2. The lowest BCUT2D eigenvalue weighted by atomic mass is 10.1. The summed E-state index contributed by atoms with van der Waals surface area (Å²) in [6.45, 7) is 4.80. The van der Waals surface area contributed by atoms with Crippen LogP contribution in [0.3, 0.4) is 0 Å². The predicted molar refractivity (Wildman–Crippen MR) is 89.2 cm³/mol. The molecule has 0 fully saturated rings. The van der Waals surface area contributed by atoms with E-state index >= 15 is 0 Å². The molecule has 5 nitrogen and oxygen atoms in total. The van der Waals surface area contributed by atoms with Crippen molar-refractivity contribution < 1.29 is 14.3 Å². The second-order valence-corrected chi connectivity index (χ2v) is 5.29. The van der Waals surface area contributed by atoms with Crippen molar-refractivity contribution in [2.24, 2.45) is 0 Å². The monoisotopic (exact) mass is 312 g/mol. The molecule has 120 valence electrons. The third kappa shape index (κ3) is 3.81. The zero-order valence-corrected chi connectivity index (χ0v) is 13.1. The standard InChI is InChI=1S/C18H20N2O3/c1-2-19-12-13-4-3-5-15(10-13)20-18(21)14-6-7-16-17(11-14)23-9-8-22-16/h3-7,10-11,19H,2,8-9,12H2,1H3,(H,20,21). The number of carbonyl (C=O) groups is 1. The van der Waals surface area contributed by atoms with E-state index in [9.17, 15) is 4.79 Å². The summed E-state index contributed by atoms with van der Waals surface area (Å²) in [4.78, 5) is 12.4. The van der Waals surface area contributed by atoms with Crippen LogP contribution in [-0.2, 0) is 6.54 Å². The van der Waals surface area contributed by atoms with Crippen LogP contribution in [0, 0.1) is 0 Å². The highest BCUT2D eigenvalue weighted by Gasteiger charge is 2.15. The summed E-state index contributed by atoms with van der Waals surface area (Å²) in [6.07, 6.45) is 0. The minimum absolute atomic E-state index is 0.164. The topological polar surface area (TPSA) is 59.6 Å². The zero-order chi connectivity index (χ0) is 16.1. The Bertz CT molecular complexity index is 700. The molecule has 3 rings (SSSR count). The maximum Gasteiger partial charge on any atom is 0.255 e. The van der Waals surface area contributed by atoms with Crippen LogP contribution in [-0.4, -0.2) is 25.7 Å². The lowest BCUT2D eigenvalue weighted by molar-refractivity contribution is 0.102. The second-order valence-electron chi connectivity index (χ2n) is 5.29. The Morgan fingerprint density at radius 2 is 1.91 bits per heavy atom. The van der Waals surface area contributed by atoms with Gasteiger partial charge >= 0.3 is 0 Å². The van der Waals surface area contributed by atoms with Gasteiger partial charge in [0.1, 0.15) is 13.2 Å². The summed E-state index contributed by atoms with van der Waals surface area (Å²) in [7, 11) is 0. The first-order valence-corrected chi connectivity index (χ1v) is 7.77. The van der Waals surface area contributed by atoms with Gasteiger partial charge in [-0.1, -0.05) is 19.1 Å². The number of anilines is 1. The Labute approximate surface area is 135 Å². The summed E-state index contributed by atoms with van der Waals surface area (Å²) in [5, 5.41) is 6.19. The van der Waals surface area contributed by atoms with E-state index in [0.29, 0.717) is 30.3 Å². The molecule has 5 heteroatoms. The smallest absolute Gasteiger partial charge is 0.255 e. The highest BCUT2D eigenvalue weighted by molar-refractivity contribution is 6.04. The van der Waals surface area contributed by atoms with Gasteiger partial charge in [-0.2, -0.15) is 0 Å². The molecule has 2 N–H and O–H groups in total. The number of hydrogen-bond donors (Lipinski definition) is 2. The number of benzene rings is 2. The number of ether oxygens (including phenoxy) is 2. The van der Waals surface area contributed by atoms with Crippen LogP contribution < -0.4 is 20.1 Å². The molecule has 23 heavy (non-hydrogen) atoms. The van der Waals surface area contributed by atoms with E-state index in [1.54, 1.807) is 18.2 Å². The van der Waals surface area contributed by atoms with Gasteiger partial charge in [0, 0.05) is 17.8 Å². The summed E-state index contributed by atoms with van der Waals surface area (Å²) >= 11 is 0. The molecule has 1 amide bonds. The Morgan fingerprint density at radius 1 is 1.09 bits per heavy atom. The van der Waals surface area contributed by atoms with Crippen LogP contribution >= 0.6 is 0 Å². The molecule has 0 unspecified atom stereocenters. The Balaban J connectivity index is 1.71. The van der Waals surface area contributed by atoms with Crippen molar-refractivity contribution in [2.75, 3.05) is 25.1 Å². The van der Waals surface area contributed by atoms with Crippen LogP contribution in [0.1, 0.15) is 22.8 Å². The third-order valence-electron chi connectivity index (χ3n) is 3.57. The lowest BCUT2D eigenvalue weighted by Crippen LogP contribution is -2.17.